The Bertz CT molecular complexity index is 1120. The molecule has 0 aromatic heterocycles. The average Bonchev–Trinajstić information content (AvgIpc) is 2.92. The van der Waals surface area contributed by atoms with Gasteiger partial charge in [0.2, 0.25) is 5.69 Å². The smallest absolute Gasteiger partial charge is 0.256 e. The van der Waals surface area contributed by atoms with Gasteiger partial charge in [0, 0.05) is 6.07 Å². The fraction of sp³-hybridized carbons (Fsp3) is 0.174. The summed E-state index contributed by atoms with van der Waals surface area (Å²) in [6.07, 6.45) is 0. The highest BCUT2D eigenvalue weighted by molar-refractivity contribution is 6.33. The number of benzene rings is 2. The Labute approximate surface area is 181 Å². The largest absolute Gasteiger partial charge is 1.00 e. The third kappa shape index (κ3) is 3.78. The molecule has 0 saturated heterocycles. The van der Waals surface area contributed by atoms with Gasteiger partial charge in [0.05, 0.1) is 25.2 Å². The van der Waals surface area contributed by atoms with Crippen LogP contribution in [0.5, 0.6) is 17.2 Å². The zero-order valence-corrected chi connectivity index (χ0v) is 17.9. The van der Waals surface area contributed by atoms with E-state index in [1.807, 2.05) is 43.4 Å². The highest BCUT2D eigenvalue weighted by atomic mass is 35.5. The van der Waals surface area contributed by atoms with Crippen molar-refractivity contribution in [1.29, 1.82) is 0 Å². The van der Waals surface area contributed by atoms with Gasteiger partial charge in [-0.3, -0.25) is 0 Å². The summed E-state index contributed by atoms with van der Waals surface area (Å²) in [5.74, 6) is 2.03. The average molecular weight is 430 g/mol. The Hall–Kier alpha value is -2.69. The van der Waals surface area contributed by atoms with E-state index < -0.39 is 0 Å². The van der Waals surface area contributed by atoms with Crippen molar-refractivity contribution in [1.82, 2.24) is 0 Å². The number of aryl methyl sites for hydroxylation is 1. The molecule has 0 spiro atoms. The number of hydrogen-bond donors (Lipinski definition) is 0. The maximum Gasteiger partial charge on any atom is 0.256 e. The van der Waals surface area contributed by atoms with E-state index in [1.54, 1.807) is 20.3 Å². The van der Waals surface area contributed by atoms with Crippen molar-refractivity contribution in [2.24, 2.45) is 7.05 Å². The molecule has 0 bridgehead atoms. The van der Waals surface area contributed by atoms with E-state index in [-0.39, 0.29) is 12.4 Å². The molecule has 2 aliphatic rings. The number of ether oxygens (including phenoxy) is 3. The molecule has 0 atom stereocenters. The molecule has 6 heteroatoms. The normalized spacial score (nSPS) is 10.6. The molecule has 0 N–H and O–H groups in total. The van der Waals surface area contributed by atoms with Gasteiger partial charge in [0.15, 0.2) is 17.2 Å². The van der Waals surface area contributed by atoms with Crippen LogP contribution in [0.15, 0.2) is 60.7 Å². The minimum Gasteiger partial charge on any atom is -1.00 e. The molecule has 0 amide bonds. The van der Waals surface area contributed by atoms with Crippen LogP contribution in [0, 0.1) is 0 Å². The summed E-state index contributed by atoms with van der Waals surface area (Å²) < 4.78 is 19.2. The van der Waals surface area contributed by atoms with Crippen LogP contribution in [0.4, 0.5) is 0 Å². The van der Waals surface area contributed by atoms with Crippen LogP contribution in [0.3, 0.4) is 0 Å². The summed E-state index contributed by atoms with van der Waals surface area (Å²) in [5, 5.41) is 1.63. The molecule has 0 fully saturated rings. The Morgan fingerprint density at radius 1 is 0.862 bits per heavy atom. The number of rotatable bonds is 5. The Kier molecular flexibility index (Phi) is 6.36. The Morgan fingerprint density at radius 3 is 2.24 bits per heavy atom. The third-order valence-corrected chi connectivity index (χ3v) is 5.18. The number of aromatic nitrogens is 1. The molecular weight excluding hydrogens is 409 g/mol. The zero-order valence-electron chi connectivity index (χ0n) is 16.4. The van der Waals surface area contributed by atoms with Gasteiger partial charge >= 0.3 is 0 Å². The quantitative estimate of drug-likeness (QED) is 0.454. The van der Waals surface area contributed by atoms with E-state index in [0.29, 0.717) is 23.1 Å². The second-order valence-corrected chi connectivity index (χ2v) is 6.93. The molecule has 29 heavy (non-hydrogen) atoms. The summed E-state index contributed by atoms with van der Waals surface area (Å²) in [4.78, 5) is 0. The molecule has 4 nitrogen and oxygen atoms in total. The second-order valence-electron chi connectivity index (χ2n) is 6.52. The minimum absolute atomic E-state index is 0. The van der Waals surface area contributed by atoms with Crippen molar-refractivity contribution >= 4 is 22.5 Å². The van der Waals surface area contributed by atoms with E-state index in [4.69, 9.17) is 25.8 Å². The molecule has 0 radical (unpaired) electrons. The van der Waals surface area contributed by atoms with Crippen LogP contribution >= 0.6 is 11.6 Å². The molecule has 0 unspecified atom stereocenters. The summed E-state index contributed by atoms with van der Waals surface area (Å²) >= 11 is 6.66. The first kappa shape index (κ1) is 21.0. The molecule has 150 valence electrons. The molecule has 2 aromatic rings. The van der Waals surface area contributed by atoms with Gasteiger partial charge in [-0.15, -0.1) is 0 Å². The zero-order chi connectivity index (χ0) is 19.7. The summed E-state index contributed by atoms with van der Waals surface area (Å²) in [7, 11) is 5.22. The van der Waals surface area contributed by atoms with Crippen LogP contribution in [0.1, 0.15) is 5.56 Å². The molecule has 4 rings (SSSR count). The molecular formula is C23H21Cl2NO3. The maximum atomic E-state index is 6.66. The van der Waals surface area contributed by atoms with Crippen molar-refractivity contribution in [2.75, 3.05) is 14.2 Å². The molecule has 0 saturated carbocycles. The number of methoxy groups -OCH3 is 2. The first-order valence-corrected chi connectivity index (χ1v) is 9.34. The van der Waals surface area contributed by atoms with Gasteiger partial charge in [0.25, 0.3) is 5.52 Å². The minimum atomic E-state index is 0. The molecule has 1 aliphatic carbocycles. The van der Waals surface area contributed by atoms with Gasteiger partial charge < -0.3 is 26.6 Å². The summed E-state index contributed by atoms with van der Waals surface area (Å²) in [6, 6.07) is 19.9. The highest BCUT2D eigenvalue weighted by Crippen LogP contribution is 2.42. The summed E-state index contributed by atoms with van der Waals surface area (Å²) in [5.41, 5.74) is 3.98. The first-order valence-electron chi connectivity index (χ1n) is 8.96. The topological polar surface area (TPSA) is 31.6 Å². The highest BCUT2D eigenvalue weighted by Gasteiger charge is 2.29. The lowest BCUT2D eigenvalue weighted by molar-refractivity contribution is -0.631. The van der Waals surface area contributed by atoms with Crippen LogP contribution < -0.4 is 31.2 Å². The van der Waals surface area contributed by atoms with Gasteiger partial charge in [-0.2, -0.15) is 4.57 Å². The molecule has 2 aromatic carbocycles. The van der Waals surface area contributed by atoms with Gasteiger partial charge in [-0.1, -0.05) is 48.0 Å². The van der Waals surface area contributed by atoms with E-state index in [9.17, 15) is 0 Å². The van der Waals surface area contributed by atoms with E-state index in [2.05, 4.69) is 22.8 Å². The van der Waals surface area contributed by atoms with Crippen molar-refractivity contribution in [3.63, 3.8) is 0 Å². The predicted molar refractivity (Wildman–Crippen MR) is 111 cm³/mol. The second kappa shape index (κ2) is 8.76. The standard InChI is InChI=1S/C23H21ClNO3.ClH/c1-25-22-17(12-20(26-2)21(27-3)13-18(22)24)16-10-7-11-19(23(16)25)28-14-15-8-5-4-6-9-15;/h4-13H,14H2,1-3H3;1H/q+1;/p-1. The number of hydrogen-bond acceptors (Lipinski definition) is 3. The third-order valence-electron chi connectivity index (χ3n) is 4.89. The number of halogens is 2. The lowest BCUT2D eigenvalue weighted by Gasteiger charge is -2.06. The number of nitrogens with zero attached hydrogens (tertiary/aromatic N) is 1. The van der Waals surface area contributed by atoms with E-state index in [1.165, 1.54) is 0 Å². The van der Waals surface area contributed by atoms with Crippen LogP contribution in [0.2, 0.25) is 5.02 Å². The van der Waals surface area contributed by atoms with Crippen molar-refractivity contribution in [3.8, 4) is 28.5 Å². The monoisotopic (exact) mass is 429 g/mol. The van der Waals surface area contributed by atoms with Crippen molar-refractivity contribution in [3.05, 3.63) is 71.2 Å². The van der Waals surface area contributed by atoms with Gasteiger partial charge in [-0.25, -0.2) is 0 Å². The Balaban J connectivity index is 0.00000240. The summed E-state index contributed by atoms with van der Waals surface area (Å²) in [6.45, 7) is 0.500. The van der Waals surface area contributed by atoms with Crippen LogP contribution in [-0.4, -0.2) is 14.2 Å². The van der Waals surface area contributed by atoms with Gasteiger partial charge in [-0.05, 0) is 23.8 Å². The number of fused-ring (bicyclic) bond motifs is 3. The van der Waals surface area contributed by atoms with Crippen LogP contribution in [-0.2, 0) is 13.7 Å². The number of para-hydroxylation sites is 1. The fourth-order valence-electron chi connectivity index (χ4n) is 3.57. The fourth-order valence-corrected chi connectivity index (χ4v) is 3.90. The maximum absolute atomic E-state index is 6.66. The lowest BCUT2D eigenvalue weighted by atomic mass is 10.1. The molecule has 1 aliphatic heterocycles. The van der Waals surface area contributed by atoms with Crippen LogP contribution in [0.25, 0.3) is 22.2 Å². The first-order chi connectivity index (χ1) is 13.6. The van der Waals surface area contributed by atoms with Crippen molar-refractivity contribution in [2.45, 2.75) is 6.61 Å². The molecule has 1 heterocycles. The SMILES string of the molecule is COc1cc(Cl)c2[n+](C)c3c(OCc4ccccc4)cccc3c-2cc1OC.[Cl-]. The van der Waals surface area contributed by atoms with E-state index in [0.717, 1.165) is 33.5 Å². The van der Waals surface area contributed by atoms with Crippen molar-refractivity contribution < 1.29 is 31.2 Å². The lowest BCUT2D eigenvalue weighted by Crippen LogP contribution is -3.00. The predicted octanol–water partition coefficient (Wildman–Crippen LogP) is 2.02. The van der Waals surface area contributed by atoms with Gasteiger partial charge in [0.1, 0.15) is 18.7 Å². The Morgan fingerprint density at radius 2 is 1.55 bits per heavy atom. The van der Waals surface area contributed by atoms with E-state index >= 15 is 0 Å².